The molecule has 1 aromatic rings. The maximum atomic E-state index is 5.43. The van der Waals surface area contributed by atoms with Crippen molar-refractivity contribution in [3.63, 3.8) is 0 Å². The van der Waals surface area contributed by atoms with Crippen molar-refractivity contribution in [2.24, 2.45) is 0 Å². The number of methoxy groups -OCH3 is 2. The lowest BCUT2D eigenvalue weighted by Crippen LogP contribution is -2.23. The van der Waals surface area contributed by atoms with E-state index in [0.717, 1.165) is 42.3 Å². The van der Waals surface area contributed by atoms with Crippen LogP contribution in [0.2, 0.25) is 0 Å². The van der Waals surface area contributed by atoms with Gasteiger partial charge in [0.25, 0.3) is 0 Å². The molecular weight excluding hydrogens is 246 g/mol. The molecule has 0 N–H and O–H groups in total. The van der Waals surface area contributed by atoms with Gasteiger partial charge in [0.2, 0.25) is 0 Å². The minimum Gasteiger partial charge on any atom is -0.496 e. The average Bonchev–Trinajstić information content (AvgIpc) is 2.37. The number of likely N-dealkylation sites (N-methyl/N-ethyl adjacent to an activating group) is 1. The first-order valence-corrected chi connectivity index (χ1v) is 6.76. The molecular formula is C14H23NO2S. The first kappa shape index (κ1) is 15.2. The summed E-state index contributed by atoms with van der Waals surface area (Å²) < 4.78 is 10.8. The van der Waals surface area contributed by atoms with Gasteiger partial charge in [-0.25, -0.2) is 0 Å². The van der Waals surface area contributed by atoms with Crippen molar-refractivity contribution in [1.82, 2.24) is 4.90 Å². The largest absolute Gasteiger partial charge is 0.496 e. The van der Waals surface area contributed by atoms with E-state index in [1.807, 2.05) is 13.0 Å². The van der Waals surface area contributed by atoms with Crippen LogP contribution in [-0.2, 0) is 6.42 Å². The molecule has 0 saturated carbocycles. The third-order valence-electron chi connectivity index (χ3n) is 3.04. The summed E-state index contributed by atoms with van der Waals surface area (Å²) in [5, 5.41) is 0. The molecule has 1 aromatic carbocycles. The first-order chi connectivity index (χ1) is 8.62. The van der Waals surface area contributed by atoms with Crippen LogP contribution in [0.15, 0.2) is 12.1 Å². The van der Waals surface area contributed by atoms with Gasteiger partial charge in [-0.05, 0) is 43.7 Å². The van der Waals surface area contributed by atoms with Gasteiger partial charge in [-0.15, -0.1) is 0 Å². The zero-order valence-corrected chi connectivity index (χ0v) is 12.6. The lowest BCUT2D eigenvalue weighted by Gasteiger charge is -2.17. The fourth-order valence-corrected chi connectivity index (χ4v) is 2.24. The maximum Gasteiger partial charge on any atom is 0.122 e. The predicted octanol–water partition coefficient (Wildman–Crippen LogP) is 2.42. The van der Waals surface area contributed by atoms with Gasteiger partial charge in [0, 0.05) is 18.8 Å². The molecule has 0 atom stereocenters. The molecule has 0 aliphatic rings. The number of hydrogen-bond donors (Lipinski definition) is 1. The van der Waals surface area contributed by atoms with E-state index in [-0.39, 0.29) is 0 Å². The smallest absolute Gasteiger partial charge is 0.122 e. The molecule has 18 heavy (non-hydrogen) atoms. The quantitative estimate of drug-likeness (QED) is 0.768. The number of nitrogens with zero attached hydrogens (tertiary/aromatic N) is 1. The van der Waals surface area contributed by atoms with Crippen LogP contribution in [0.1, 0.15) is 11.1 Å². The Bertz CT molecular complexity index is 382. The van der Waals surface area contributed by atoms with Gasteiger partial charge >= 0.3 is 0 Å². The van der Waals surface area contributed by atoms with E-state index in [1.54, 1.807) is 14.2 Å². The van der Waals surface area contributed by atoms with E-state index in [2.05, 4.69) is 30.6 Å². The number of aryl methyl sites for hydroxylation is 1. The van der Waals surface area contributed by atoms with Gasteiger partial charge in [0.15, 0.2) is 0 Å². The second-order valence-corrected chi connectivity index (χ2v) is 4.86. The summed E-state index contributed by atoms with van der Waals surface area (Å²) in [7, 11) is 5.52. The molecule has 0 unspecified atom stereocenters. The molecule has 0 amide bonds. The lowest BCUT2D eigenvalue weighted by atomic mass is 10.1. The van der Waals surface area contributed by atoms with Gasteiger partial charge in [0.05, 0.1) is 14.2 Å². The Morgan fingerprint density at radius 3 is 2.33 bits per heavy atom. The summed E-state index contributed by atoms with van der Waals surface area (Å²) in [5.41, 5.74) is 2.28. The van der Waals surface area contributed by atoms with Gasteiger partial charge in [-0.2, -0.15) is 12.6 Å². The number of thiol groups is 1. The van der Waals surface area contributed by atoms with Crippen molar-refractivity contribution in [3.05, 3.63) is 23.3 Å². The molecule has 4 heteroatoms. The zero-order valence-electron chi connectivity index (χ0n) is 11.7. The fraction of sp³-hybridized carbons (Fsp3) is 0.571. The van der Waals surface area contributed by atoms with Crippen LogP contribution in [-0.4, -0.2) is 45.0 Å². The Morgan fingerprint density at radius 2 is 1.78 bits per heavy atom. The van der Waals surface area contributed by atoms with Crippen LogP contribution < -0.4 is 9.47 Å². The molecule has 0 bridgehead atoms. The third kappa shape index (κ3) is 4.10. The molecule has 0 spiro atoms. The Hall–Kier alpha value is -0.870. The molecule has 0 aliphatic carbocycles. The topological polar surface area (TPSA) is 21.7 Å². The van der Waals surface area contributed by atoms with Crippen molar-refractivity contribution >= 4 is 12.6 Å². The molecule has 0 fully saturated rings. The van der Waals surface area contributed by atoms with E-state index in [9.17, 15) is 0 Å². The van der Waals surface area contributed by atoms with Crippen molar-refractivity contribution in [2.45, 2.75) is 13.3 Å². The molecule has 0 heterocycles. The second kappa shape index (κ2) is 7.54. The molecule has 0 radical (unpaired) electrons. The van der Waals surface area contributed by atoms with Crippen molar-refractivity contribution in [3.8, 4) is 11.5 Å². The number of hydrogen-bond acceptors (Lipinski definition) is 4. The molecule has 102 valence electrons. The summed E-state index contributed by atoms with van der Waals surface area (Å²) >= 11 is 4.24. The number of rotatable bonds is 7. The summed E-state index contributed by atoms with van der Waals surface area (Å²) in [4.78, 5) is 2.26. The lowest BCUT2D eigenvalue weighted by molar-refractivity contribution is 0.353. The summed E-state index contributed by atoms with van der Waals surface area (Å²) in [6, 6.07) is 4.11. The molecule has 3 nitrogen and oxygen atoms in total. The van der Waals surface area contributed by atoms with Gasteiger partial charge in [-0.1, -0.05) is 0 Å². The maximum absolute atomic E-state index is 5.43. The second-order valence-electron chi connectivity index (χ2n) is 4.41. The van der Waals surface area contributed by atoms with E-state index >= 15 is 0 Å². The summed E-state index contributed by atoms with van der Waals surface area (Å²) in [6.45, 7) is 4.01. The normalized spacial score (nSPS) is 10.8. The predicted molar refractivity (Wildman–Crippen MR) is 79.3 cm³/mol. The number of ether oxygens (including phenoxy) is 2. The van der Waals surface area contributed by atoms with Crippen LogP contribution in [0.4, 0.5) is 0 Å². The highest BCUT2D eigenvalue weighted by Gasteiger charge is 2.09. The SMILES string of the molecule is COc1cc(CCN(C)CCS)c(OC)cc1C. The van der Waals surface area contributed by atoms with Crippen molar-refractivity contribution in [1.29, 1.82) is 0 Å². The molecule has 1 rings (SSSR count). The summed E-state index contributed by atoms with van der Waals surface area (Å²) in [5.74, 6) is 2.74. The van der Waals surface area contributed by atoms with Crippen LogP contribution >= 0.6 is 12.6 Å². The van der Waals surface area contributed by atoms with Crippen LogP contribution in [0.25, 0.3) is 0 Å². The van der Waals surface area contributed by atoms with Crippen LogP contribution in [0, 0.1) is 6.92 Å². The highest BCUT2D eigenvalue weighted by atomic mass is 32.1. The number of benzene rings is 1. The Morgan fingerprint density at radius 1 is 1.11 bits per heavy atom. The van der Waals surface area contributed by atoms with E-state index in [1.165, 1.54) is 5.56 Å². The van der Waals surface area contributed by atoms with E-state index < -0.39 is 0 Å². The Labute approximate surface area is 115 Å². The fourth-order valence-electron chi connectivity index (χ4n) is 1.90. The van der Waals surface area contributed by atoms with Gasteiger partial charge in [-0.3, -0.25) is 0 Å². The highest BCUT2D eigenvalue weighted by Crippen LogP contribution is 2.28. The van der Waals surface area contributed by atoms with E-state index in [4.69, 9.17) is 9.47 Å². The van der Waals surface area contributed by atoms with Crippen molar-refractivity contribution in [2.75, 3.05) is 40.1 Å². The average molecular weight is 269 g/mol. The monoisotopic (exact) mass is 269 g/mol. The Balaban J connectivity index is 2.79. The molecule has 0 saturated heterocycles. The zero-order chi connectivity index (χ0) is 13.5. The van der Waals surface area contributed by atoms with Crippen LogP contribution in [0.3, 0.4) is 0 Å². The minimum atomic E-state index is 0.880. The minimum absolute atomic E-state index is 0.880. The molecule has 0 aliphatic heterocycles. The van der Waals surface area contributed by atoms with E-state index in [0.29, 0.717) is 0 Å². The first-order valence-electron chi connectivity index (χ1n) is 6.13. The third-order valence-corrected chi connectivity index (χ3v) is 3.24. The standard InChI is InChI=1S/C14H23NO2S/c1-11-9-14(17-4)12(10-13(11)16-3)5-6-15(2)7-8-18/h9-10,18H,5-8H2,1-4H3. The van der Waals surface area contributed by atoms with Crippen molar-refractivity contribution < 1.29 is 9.47 Å². The van der Waals surface area contributed by atoms with Gasteiger partial charge < -0.3 is 14.4 Å². The summed E-state index contributed by atoms with van der Waals surface area (Å²) in [6.07, 6.45) is 0.949. The molecule has 0 aromatic heterocycles. The highest BCUT2D eigenvalue weighted by molar-refractivity contribution is 7.80. The van der Waals surface area contributed by atoms with Gasteiger partial charge in [0.1, 0.15) is 11.5 Å². The van der Waals surface area contributed by atoms with Crippen LogP contribution in [0.5, 0.6) is 11.5 Å². The Kier molecular flexibility index (Phi) is 6.36.